The zero-order valence-electron chi connectivity index (χ0n) is 9.28. The summed E-state index contributed by atoms with van der Waals surface area (Å²) in [6.07, 6.45) is 8.17. The summed E-state index contributed by atoms with van der Waals surface area (Å²) in [7, 11) is 3.16. The third-order valence-electron chi connectivity index (χ3n) is 4.11. The van der Waals surface area contributed by atoms with Gasteiger partial charge in [-0.15, -0.1) is 0 Å². The van der Waals surface area contributed by atoms with E-state index in [1.807, 2.05) is 5.01 Å². The van der Waals surface area contributed by atoms with E-state index < -0.39 is 5.60 Å². The minimum Gasteiger partial charge on any atom is -0.390 e. The highest BCUT2D eigenvalue weighted by Crippen LogP contribution is 2.38. The molecule has 2 rings (SSSR count). The maximum absolute atomic E-state index is 10.6. The molecule has 0 amide bonds. The van der Waals surface area contributed by atoms with Crippen molar-refractivity contribution in [2.75, 3.05) is 13.1 Å². The van der Waals surface area contributed by atoms with E-state index in [9.17, 15) is 5.11 Å². The molecule has 2 aliphatic rings. The van der Waals surface area contributed by atoms with Crippen molar-refractivity contribution in [3.63, 3.8) is 0 Å². The molecule has 0 aromatic rings. The first-order valence-corrected chi connectivity index (χ1v) is 6.54. The van der Waals surface area contributed by atoms with Crippen LogP contribution in [-0.4, -0.2) is 28.8 Å². The molecule has 0 radical (unpaired) electrons. The van der Waals surface area contributed by atoms with Crippen LogP contribution in [0, 0.1) is 5.92 Å². The van der Waals surface area contributed by atoms with Crippen molar-refractivity contribution >= 4 is 9.03 Å². The van der Waals surface area contributed by atoms with Crippen LogP contribution in [0.1, 0.15) is 44.9 Å². The van der Waals surface area contributed by atoms with Gasteiger partial charge < -0.3 is 5.11 Å². The van der Waals surface area contributed by atoms with Gasteiger partial charge in [0.2, 0.25) is 0 Å². The van der Waals surface area contributed by atoms with Crippen molar-refractivity contribution in [2.24, 2.45) is 10.8 Å². The molecule has 0 aromatic heterocycles. The Bertz CT molecular complexity index is 221. The highest BCUT2D eigenvalue weighted by molar-refractivity contribution is 7.03. The van der Waals surface area contributed by atoms with Crippen LogP contribution in [0.5, 0.6) is 0 Å². The molecule has 0 atom stereocenters. The Hall–Kier alpha value is 0.0200. The average molecular weight is 228 g/mol. The first-order chi connectivity index (χ1) is 7.24. The molecule has 0 spiro atoms. The molecule has 1 heterocycles. The molecular formula is C11H21N2OP. The first kappa shape index (κ1) is 11.5. The molecule has 0 bridgehead atoms. The summed E-state index contributed by atoms with van der Waals surface area (Å²) in [4.78, 5) is 3.99. The van der Waals surface area contributed by atoms with Gasteiger partial charge in [0.15, 0.2) is 0 Å². The monoisotopic (exact) mass is 228 g/mol. The van der Waals surface area contributed by atoms with E-state index >= 15 is 0 Å². The lowest BCUT2D eigenvalue weighted by atomic mass is 9.72. The van der Waals surface area contributed by atoms with Gasteiger partial charge in [-0.2, -0.15) is 9.86 Å². The predicted molar refractivity (Wildman–Crippen MR) is 63.1 cm³/mol. The molecule has 0 unspecified atom stereocenters. The van der Waals surface area contributed by atoms with Crippen molar-refractivity contribution in [1.29, 1.82) is 0 Å². The zero-order chi connectivity index (χ0) is 10.7. The van der Waals surface area contributed by atoms with Crippen molar-refractivity contribution in [3.05, 3.63) is 0 Å². The van der Waals surface area contributed by atoms with Crippen LogP contribution in [0.3, 0.4) is 0 Å². The Morgan fingerprint density at radius 3 is 2.27 bits per heavy atom. The second kappa shape index (κ2) is 4.90. The van der Waals surface area contributed by atoms with Crippen molar-refractivity contribution in [1.82, 2.24) is 5.01 Å². The normalized spacial score (nSPS) is 28.9. The van der Waals surface area contributed by atoms with Gasteiger partial charge in [0.25, 0.3) is 0 Å². The number of aliphatic hydroxyl groups is 1. The van der Waals surface area contributed by atoms with Gasteiger partial charge in [-0.25, -0.2) is 0 Å². The summed E-state index contributed by atoms with van der Waals surface area (Å²) < 4.78 is 0. The minimum absolute atomic E-state index is 0.395. The first-order valence-electron chi connectivity index (χ1n) is 6.09. The van der Waals surface area contributed by atoms with E-state index in [1.165, 1.54) is 32.1 Å². The molecule has 3 nitrogen and oxygen atoms in total. The van der Waals surface area contributed by atoms with E-state index in [4.69, 9.17) is 0 Å². The molecular weight excluding hydrogens is 207 g/mol. The van der Waals surface area contributed by atoms with E-state index in [1.54, 1.807) is 0 Å². The van der Waals surface area contributed by atoms with Crippen LogP contribution in [-0.2, 0) is 0 Å². The van der Waals surface area contributed by atoms with Crippen LogP contribution in [0.4, 0.5) is 0 Å². The standard InChI is InChI=1S/C11H21N2OP/c14-11(10-4-2-1-3-5-10)6-8-13(12-15)9-7-11/h10,14-15H,1-9H2. The lowest BCUT2D eigenvalue weighted by Crippen LogP contribution is -2.47. The molecule has 1 saturated heterocycles. The molecule has 1 aliphatic heterocycles. The average Bonchev–Trinajstić information content (AvgIpc) is 2.31. The summed E-state index contributed by atoms with van der Waals surface area (Å²) in [6, 6.07) is 0. The van der Waals surface area contributed by atoms with Crippen molar-refractivity contribution in [3.8, 4) is 0 Å². The molecule has 0 aromatic carbocycles. The quantitative estimate of drug-likeness (QED) is 0.737. The smallest absolute Gasteiger partial charge is 0.0701 e. The molecule has 2 fully saturated rings. The molecule has 1 aliphatic carbocycles. The highest BCUT2D eigenvalue weighted by atomic mass is 31.0. The molecule has 86 valence electrons. The second-order valence-electron chi connectivity index (χ2n) is 4.99. The lowest BCUT2D eigenvalue weighted by Gasteiger charge is -2.43. The summed E-state index contributed by atoms with van der Waals surface area (Å²) >= 11 is 0. The topological polar surface area (TPSA) is 35.8 Å². The third-order valence-corrected chi connectivity index (χ3v) is 4.40. The number of hydrogen-bond donors (Lipinski definition) is 1. The fourth-order valence-electron chi connectivity index (χ4n) is 3.03. The van der Waals surface area contributed by atoms with Gasteiger partial charge in [0.05, 0.1) is 5.60 Å². The van der Waals surface area contributed by atoms with Crippen LogP contribution in [0.2, 0.25) is 0 Å². The molecule has 1 saturated carbocycles. The fraction of sp³-hybridized carbons (Fsp3) is 1.00. The molecule has 1 N–H and O–H groups in total. The molecule has 4 heteroatoms. The summed E-state index contributed by atoms with van der Waals surface area (Å²) in [5.74, 6) is 0.545. The molecule has 15 heavy (non-hydrogen) atoms. The maximum atomic E-state index is 10.6. The lowest BCUT2D eigenvalue weighted by molar-refractivity contribution is -0.0766. The minimum atomic E-state index is -0.395. The Kier molecular flexibility index (Phi) is 3.76. The zero-order valence-corrected chi connectivity index (χ0v) is 10.3. The van der Waals surface area contributed by atoms with Crippen LogP contribution >= 0.6 is 9.03 Å². The number of piperidine rings is 1. The summed E-state index contributed by atoms with van der Waals surface area (Å²) in [5, 5.41) is 12.6. The van der Waals surface area contributed by atoms with Gasteiger partial charge in [-0.05, 0) is 31.6 Å². The Morgan fingerprint density at radius 2 is 1.73 bits per heavy atom. The fourth-order valence-corrected chi connectivity index (χ4v) is 3.23. The van der Waals surface area contributed by atoms with E-state index in [2.05, 4.69) is 13.9 Å². The van der Waals surface area contributed by atoms with Gasteiger partial charge in [-0.1, -0.05) is 19.3 Å². The van der Waals surface area contributed by atoms with Gasteiger partial charge in [-0.3, -0.25) is 0 Å². The van der Waals surface area contributed by atoms with Crippen LogP contribution in [0.25, 0.3) is 0 Å². The van der Waals surface area contributed by atoms with E-state index in [-0.39, 0.29) is 0 Å². The number of nitrogens with zero attached hydrogens (tertiary/aromatic N) is 2. The summed E-state index contributed by atoms with van der Waals surface area (Å²) in [6.45, 7) is 1.77. The van der Waals surface area contributed by atoms with Gasteiger partial charge in [0.1, 0.15) is 0 Å². The number of rotatable bonds is 2. The largest absolute Gasteiger partial charge is 0.390 e. The predicted octanol–water partition coefficient (Wildman–Crippen LogP) is 2.64. The maximum Gasteiger partial charge on any atom is 0.0701 e. The van der Waals surface area contributed by atoms with Crippen LogP contribution < -0.4 is 0 Å². The SMILES string of the molecule is OC1(C2CCCCC2)CCN(N=P)CC1. The summed E-state index contributed by atoms with van der Waals surface area (Å²) in [5.41, 5.74) is -0.395. The van der Waals surface area contributed by atoms with Crippen molar-refractivity contribution in [2.45, 2.75) is 50.5 Å². The van der Waals surface area contributed by atoms with E-state index in [0.717, 1.165) is 25.9 Å². The Labute approximate surface area is 94.1 Å². The highest BCUT2D eigenvalue weighted by Gasteiger charge is 2.39. The van der Waals surface area contributed by atoms with E-state index in [0.29, 0.717) is 5.92 Å². The Balaban J connectivity index is 1.92. The third kappa shape index (κ3) is 2.58. The number of hydrogen-bond acceptors (Lipinski definition) is 2. The van der Waals surface area contributed by atoms with Crippen molar-refractivity contribution < 1.29 is 5.11 Å². The van der Waals surface area contributed by atoms with Gasteiger partial charge >= 0.3 is 0 Å². The van der Waals surface area contributed by atoms with Crippen LogP contribution in [0.15, 0.2) is 4.85 Å². The second-order valence-corrected chi connectivity index (χ2v) is 5.19. The van der Waals surface area contributed by atoms with Gasteiger partial charge in [0, 0.05) is 22.1 Å². The Morgan fingerprint density at radius 1 is 1.13 bits per heavy atom.